The number of aliphatic hydroxyl groups excluding tert-OH is 1. The zero-order valence-corrected chi connectivity index (χ0v) is 19.6. The van der Waals surface area contributed by atoms with Crippen molar-refractivity contribution in [2.24, 2.45) is 4.99 Å². The fourth-order valence-corrected chi connectivity index (χ4v) is 4.15. The van der Waals surface area contributed by atoms with E-state index in [-0.39, 0.29) is 48.4 Å². The lowest BCUT2D eigenvalue weighted by Gasteiger charge is -2.27. The van der Waals surface area contributed by atoms with Gasteiger partial charge in [-0.05, 0) is 56.9 Å². The van der Waals surface area contributed by atoms with Crippen LogP contribution in [-0.4, -0.2) is 50.5 Å². The van der Waals surface area contributed by atoms with Gasteiger partial charge in [0, 0.05) is 17.1 Å². The van der Waals surface area contributed by atoms with E-state index in [4.69, 9.17) is 0 Å². The van der Waals surface area contributed by atoms with Gasteiger partial charge in [0.2, 0.25) is 0 Å². The Bertz CT molecular complexity index is 675. The van der Waals surface area contributed by atoms with Crippen LogP contribution >= 0.6 is 39.9 Å². The Morgan fingerprint density at radius 2 is 1.85 bits per heavy atom. The summed E-state index contributed by atoms with van der Waals surface area (Å²) in [6.45, 7) is 2.88. The van der Waals surface area contributed by atoms with Crippen LogP contribution in [-0.2, 0) is 9.84 Å². The molecule has 1 fully saturated rings. The second-order valence-electron chi connectivity index (χ2n) is 6.18. The number of benzene rings is 1. The molecule has 0 amide bonds. The van der Waals surface area contributed by atoms with E-state index in [0.29, 0.717) is 17.4 Å². The highest BCUT2D eigenvalue weighted by Crippen LogP contribution is 2.18. The summed E-state index contributed by atoms with van der Waals surface area (Å²) < 4.78 is 25.6. The number of halogens is 2. The summed E-state index contributed by atoms with van der Waals surface area (Å²) in [6, 6.07) is 6.91. The standard InChI is InChI=1S/C17H26BrN3O3S.HI/c1-2-19-17(21-14-5-7-15(22)8-6-14)20-11-12-25(23,24)16-9-3-13(18)4-10-16;/h3-4,9-10,14-15,22H,2,5-8,11-12H2,1H3,(H2,19,20,21);1H. The maximum atomic E-state index is 12.4. The maximum absolute atomic E-state index is 12.4. The number of guanidine groups is 1. The summed E-state index contributed by atoms with van der Waals surface area (Å²) in [7, 11) is -3.34. The van der Waals surface area contributed by atoms with Gasteiger partial charge < -0.3 is 15.7 Å². The quantitative estimate of drug-likeness (QED) is 0.283. The van der Waals surface area contributed by atoms with Gasteiger partial charge in [0.1, 0.15) is 0 Å². The second-order valence-corrected chi connectivity index (χ2v) is 9.21. The molecule has 0 unspecified atom stereocenters. The molecule has 0 heterocycles. The third-order valence-corrected chi connectivity index (χ3v) is 6.42. The fourth-order valence-electron chi connectivity index (χ4n) is 2.77. The second kappa shape index (κ2) is 11.5. The Labute approximate surface area is 181 Å². The molecule has 1 aromatic carbocycles. The first kappa shape index (κ1) is 23.6. The third kappa shape index (κ3) is 7.69. The highest BCUT2D eigenvalue weighted by molar-refractivity contribution is 14.0. The fraction of sp³-hybridized carbons (Fsp3) is 0.588. The van der Waals surface area contributed by atoms with E-state index in [1.54, 1.807) is 24.3 Å². The van der Waals surface area contributed by atoms with Crippen molar-refractivity contribution in [2.75, 3.05) is 18.8 Å². The van der Waals surface area contributed by atoms with E-state index in [2.05, 4.69) is 31.6 Å². The molecule has 0 aliphatic heterocycles. The summed E-state index contributed by atoms with van der Waals surface area (Å²) in [6.07, 6.45) is 3.16. The molecule has 6 nitrogen and oxygen atoms in total. The largest absolute Gasteiger partial charge is 0.393 e. The average Bonchev–Trinajstić information content (AvgIpc) is 2.57. The van der Waals surface area contributed by atoms with Crippen LogP contribution in [0.2, 0.25) is 0 Å². The summed E-state index contributed by atoms with van der Waals surface area (Å²) in [4.78, 5) is 4.71. The molecule has 0 radical (unpaired) electrons. The SMILES string of the molecule is CCNC(=NCCS(=O)(=O)c1ccc(Br)cc1)NC1CCC(O)CC1.I. The van der Waals surface area contributed by atoms with Crippen LogP contribution in [0.3, 0.4) is 0 Å². The Morgan fingerprint density at radius 3 is 2.42 bits per heavy atom. The van der Waals surface area contributed by atoms with Crippen molar-refractivity contribution in [3.8, 4) is 0 Å². The average molecular weight is 560 g/mol. The van der Waals surface area contributed by atoms with E-state index in [9.17, 15) is 13.5 Å². The van der Waals surface area contributed by atoms with Crippen molar-refractivity contribution in [3.63, 3.8) is 0 Å². The lowest BCUT2D eigenvalue weighted by Crippen LogP contribution is -2.45. The van der Waals surface area contributed by atoms with Gasteiger partial charge in [-0.15, -0.1) is 24.0 Å². The number of aliphatic hydroxyl groups is 1. The van der Waals surface area contributed by atoms with Crippen molar-refractivity contribution < 1.29 is 13.5 Å². The van der Waals surface area contributed by atoms with E-state index in [0.717, 1.165) is 30.2 Å². The monoisotopic (exact) mass is 559 g/mol. The Morgan fingerprint density at radius 1 is 1.23 bits per heavy atom. The molecule has 1 aliphatic carbocycles. The zero-order valence-electron chi connectivity index (χ0n) is 14.8. The Balaban J connectivity index is 0.00000338. The van der Waals surface area contributed by atoms with Crippen LogP contribution in [0, 0.1) is 0 Å². The number of hydrogen-bond acceptors (Lipinski definition) is 4. The van der Waals surface area contributed by atoms with Crippen LogP contribution in [0.1, 0.15) is 32.6 Å². The minimum absolute atomic E-state index is 0. The summed E-state index contributed by atoms with van der Waals surface area (Å²) in [5.41, 5.74) is 0. The topological polar surface area (TPSA) is 90.8 Å². The molecule has 1 aromatic rings. The highest BCUT2D eigenvalue weighted by Gasteiger charge is 2.20. The number of sulfone groups is 1. The summed E-state index contributed by atoms with van der Waals surface area (Å²) in [5.74, 6) is 0.601. The molecule has 9 heteroatoms. The summed E-state index contributed by atoms with van der Waals surface area (Å²) in [5, 5.41) is 16.1. The van der Waals surface area contributed by atoms with Gasteiger partial charge in [0.15, 0.2) is 15.8 Å². The summed E-state index contributed by atoms with van der Waals surface area (Å²) >= 11 is 3.30. The van der Waals surface area contributed by atoms with Crippen LogP contribution in [0.5, 0.6) is 0 Å². The van der Waals surface area contributed by atoms with Crippen LogP contribution < -0.4 is 10.6 Å². The van der Waals surface area contributed by atoms with Gasteiger partial charge in [-0.1, -0.05) is 15.9 Å². The number of nitrogens with zero attached hydrogens (tertiary/aromatic N) is 1. The van der Waals surface area contributed by atoms with E-state index in [1.165, 1.54) is 0 Å². The molecule has 0 atom stereocenters. The molecule has 1 saturated carbocycles. The highest BCUT2D eigenvalue weighted by atomic mass is 127. The minimum Gasteiger partial charge on any atom is -0.393 e. The molecule has 0 bridgehead atoms. The van der Waals surface area contributed by atoms with Gasteiger partial charge in [0.25, 0.3) is 0 Å². The smallest absolute Gasteiger partial charge is 0.191 e. The van der Waals surface area contributed by atoms with Crippen molar-refractivity contribution in [1.29, 1.82) is 0 Å². The minimum atomic E-state index is -3.34. The molecule has 3 N–H and O–H groups in total. The lowest BCUT2D eigenvalue weighted by molar-refractivity contribution is 0.120. The lowest BCUT2D eigenvalue weighted by atomic mass is 9.93. The van der Waals surface area contributed by atoms with Gasteiger partial charge in [-0.25, -0.2) is 8.42 Å². The molecular weight excluding hydrogens is 533 g/mol. The van der Waals surface area contributed by atoms with E-state index >= 15 is 0 Å². The molecule has 0 saturated heterocycles. The van der Waals surface area contributed by atoms with Crippen molar-refractivity contribution >= 4 is 55.7 Å². The predicted octanol–water partition coefficient (Wildman–Crippen LogP) is 2.70. The molecule has 26 heavy (non-hydrogen) atoms. The van der Waals surface area contributed by atoms with E-state index < -0.39 is 9.84 Å². The van der Waals surface area contributed by atoms with Gasteiger partial charge >= 0.3 is 0 Å². The van der Waals surface area contributed by atoms with Gasteiger partial charge in [-0.2, -0.15) is 0 Å². The zero-order chi connectivity index (χ0) is 18.3. The number of rotatable bonds is 6. The maximum Gasteiger partial charge on any atom is 0.191 e. The first-order chi connectivity index (χ1) is 11.9. The van der Waals surface area contributed by atoms with Crippen LogP contribution in [0.25, 0.3) is 0 Å². The van der Waals surface area contributed by atoms with Gasteiger partial charge in [0.05, 0.1) is 23.3 Å². The molecule has 0 spiro atoms. The molecular formula is C17H27BrIN3O3S. The van der Waals surface area contributed by atoms with E-state index in [1.807, 2.05) is 6.92 Å². The van der Waals surface area contributed by atoms with Crippen molar-refractivity contribution in [1.82, 2.24) is 10.6 Å². The van der Waals surface area contributed by atoms with Gasteiger partial charge in [-0.3, -0.25) is 4.99 Å². The van der Waals surface area contributed by atoms with Crippen LogP contribution in [0.15, 0.2) is 38.6 Å². The molecule has 0 aromatic heterocycles. The molecule has 1 aliphatic rings. The number of nitrogens with one attached hydrogen (secondary N) is 2. The predicted molar refractivity (Wildman–Crippen MR) is 119 cm³/mol. The van der Waals surface area contributed by atoms with Crippen molar-refractivity contribution in [2.45, 2.75) is 49.6 Å². The molecule has 2 rings (SSSR count). The van der Waals surface area contributed by atoms with Crippen LogP contribution in [0.4, 0.5) is 0 Å². The first-order valence-electron chi connectivity index (χ1n) is 8.62. The Hall–Kier alpha value is -0.390. The number of hydrogen-bond donors (Lipinski definition) is 3. The normalized spacial score (nSPS) is 21.0. The molecule has 148 valence electrons. The third-order valence-electron chi connectivity index (χ3n) is 4.18. The van der Waals surface area contributed by atoms with Crippen molar-refractivity contribution in [3.05, 3.63) is 28.7 Å². The Kier molecular flexibility index (Phi) is 10.4. The number of aliphatic imine (C=N–C) groups is 1. The first-order valence-corrected chi connectivity index (χ1v) is 11.1.